The van der Waals surface area contributed by atoms with Gasteiger partial charge in [-0.3, -0.25) is 14.4 Å². The van der Waals surface area contributed by atoms with E-state index in [9.17, 15) is 4.79 Å². The van der Waals surface area contributed by atoms with E-state index in [1.54, 1.807) is 17.1 Å². The maximum absolute atomic E-state index is 12.5. The zero-order valence-corrected chi connectivity index (χ0v) is 13.1. The number of carbonyl (C=O) groups is 1. The molecule has 0 radical (unpaired) electrons. The summed E-state index contributed by atoms with van der Waals surface area (Å²) < 4.78 is 1.73. The Bertz CT molecular complexity index is 620. The number of imidazole rings is 1. The van der Waals surface area contributed by atoms with E-state index in [0.29, 0.717) is 13.0 Å². The van der Waals surface area contributed by atoms with Gasteiger partial charge >= 0.3 is 0 Å². The molecular formula is C15H22N6O. The molecule has 1 unspecified atom stereocenters. The summed E-state index contributed by atoms with van der Waals surface area (Å²) >= 11 is 0. The Hall–Kier alpha value is -2.15. The van der Waals surface area contributed by atoms with Crippen molar-refractivity contribution in [3.63, 3.8) is 0 Å². The van der Waals surface area contributed by atoms with E-state index in [2.05, 4.69) is 26.9 Å². The second kappa shape index (κ2) is 6.31. The van der Waals surface area contributed by atoms with Crippen molar-refractivity contribution < 1.29 is 4.79 Å². The predicted molar refractivity (Wildman–Crippen MR) is 82.1 cm³/mol. The van der Waals surface area contributed by atoms with Crippen LogP contribution in [0.3, 0.4) is 0 Å². The summed E-state index contributed by atoms with van der Waals surface area (Å²) in [5.74, 6) is 1.08. The molecule has 118 valence electrons. The van der Waals surface area contributed by atoms with E-state index in [4.69, 9.17) is 0 Å². The molecule has 1 amide bonds. The molecule has 7 heteroatoms. The molecule has 0 aliphatic carbocycles. The summed E-state index contributed by atoms with van der Waals surface area (Å²) in [6.07, 6.45) is 7.65. The van der Waals surface area contributed by atoms with Crippen LogP contribution in [-0.4, -0.2) is 61.6 Å². The van der Waals surface area contributed by atoms with Crippen molar-refractivity contribution in [1.29, 1.82) is 0 Å². The number of nitrogens with zero attached hydrogens (tertiary/aromatic N) is 5. The van der Waals surface area contributed by atoms with Gasteiger partial charge in [0.2, 0.25) is 5.91 Å². The van der Waals surface area contributed by atoms with Crippen molar-refractivity contribution >= 4 is 5.91 Å². The molecule has 1 fully saturated rings. The molecule has 3 rings (SSSR count). The van der Waals surface area contributed by atoms with Gasteiger partial charge in [-0.1, -0.05) is 6.92 Å². The van der Waals surface area contributed by atoms with Gasteiger partial charge in [-0.05, 0) is 12.1 Å². The van der Waals surface area contributed by atoms with Crippen LogP contribution in [0.5, 0.6) is 0 Å². The first-order valence-corrected chi connectivity index (χ1v) is 7.66. The average molecular weight is 302 g/mol. The molecule has 7 nitrogen and oxygen atoms in total. The molecule has 2 aromatic rings. The topological polar surface area (TPSA) is 70.0 Å². The summed E-state index contributed by atoms with van der Waals surface area (Å²) in [5, 5.41) is 4.12. The third-order valence-electron chi connectivity index (χ3n) is 4.20. The standard InChI is InChI=1S/C15H22N6O/c1-3-20-6-7-21(11-13(20)15-16-4-5-17-15)14(22)8-12-9-18-19(2)10-12/h4-5,9-10,13H,3,6-8,11H2,1-2H3,(H,16,17). The highest BCUT2D eigenvalue weighted by molar-refractivity contribution is 5.78. The van der Waals surface area contributed by atoms with Gasteiger partial charge < -0.3 is 9.88 Å². The first kappa shape index (κ1) is 14.8. The second-order valence-corrected chi connectivity index (χ2v) is 5.66. The van der Waals surface area contributed by atoms with Crippen LogP contribution in [0.1, 0.15) is 24.4 Å². The second-order valence-electron chi connectivity index (χ2n) is 5.66. The molecule has 1 N–H and O–H groups in total. The molecule has 1 aliphatic rings. The fraction of sp³-hybridized carbons (Fsp3) is 0.533. The van der Waals surface area contributed by atoms with Gasteiger partial charge in [0.05, 0.1) is 18.7 Å². The zero-order chi connectivity index (χ0) is 15.5. The molecule has 22 heavy (non-hydrogen) atoms. The summed E-state index contributed by atoms with van der Waals surface area (Å²) in [7, 11) is 1.86. The molecule has 0 aromatic carbocycles. The fourth-order valence-electron chi connectivity index (χ4n) is 2.99. The summed E-state index contributed by atoms with van der Waals surface area (Å²) in [5.41, 5.74) is 0.958. The minimum absolute atomic E-state index is 0.145. The van der Waals surface area contributed by atoms with Crippen molar-refractivity contribution in [2.24, 2.45) is 7.05 Å². The van der Waals surface area contributed by atoms with Crippen LogP contribution in [0.15, 0.2) is 24.8 Å². The number of hydrogen-bond acceptors (Lipinski definition) is 4. The number of piperazine rings is 1. The summed E-state index contributed by atoms with van der Waals surface area (Å²) in [4.78, 5) is 24.4. The average Bonchev–Trinajstić information content (AvgIpc) is 3.18. The number of aromatic amines is 1. The van der Waals surface area contributed by atoms with Gasteiger partial charge in [-0.15, -0.1) is 0 Å². The van der Waals surface area contributed by atoms with Crippen molar-refractivity contribution in [2.45, 2.75) is 19.4 Å². The normalized spacial score (nSPS) is 19.5. The van der Waals surface area contributed by atoms with Crippen molar-refractivity contribution in [3.05, 3.63) is 36.2 Å². The Kier molecular flexibility index (Phi) is 4.24. The van der Waals surface area contributed by atoms with Crippen LogP contribution in [-0.2, 0) is 18.3 Å². The monoisotopic (exact) mass is 302 g/mol. The van der Waals surface area contributed by atoms with E-state index >= 15 is 0 Å². The Morgan fingerprint density at radius 3 is 2.95 bits per heavy atom. The van der Waals surface area contributed by atoms with Gasteiger partial charge in [-0.2, -0.15) is 5.10 Å². The Morgan fingerprint density at radius 2 is 2.32 bits per heavy atom. The van der Waals surface area contributed by atoms with Crippen LogP contribution in [0.2, 0.25) is 0 Å². The molecule has 1 saturated heterocycles. The Labute approximate surface area is 129 Å². The molecular weight excluding hydrogens is 280 g/mol. The summed E-state index contributed by atoms with van der Waals surface area (Å²) in [6.45, 7) is 5.42. The minimum atomic E-state index is 0.145. The molecule has 0 saturated carbocycles. The van der Waals surface area contributed by atoms with Crippen LogP contribution >= 0.6 is 0 Å². The lowest BCUT2D eigenvalue weighted by atomic mass is 10.1. The van der Waals surface area contributed by atoms with Gasteiger partial charge in [0, 0.05) is 45.3 Å². The molecule has 2 aromatic heterocycles. The van der Waals surface area contributed by atoms with Gasteiger partial charge in [-0.25, -0.2) is 4.98 Å². The van der Waals surface area contributed by atoms with Crippen molar-refractivity contribution in [3.8, 4) is 0 Å². The highest BCUT2D eigenvalue weighted by Gasteiger charge is 2.31. The van der Waals surface area contributed by atoms with E-state index in [-0.39, 0.29) is 11.9 Å². The van der Waals surface area contributed by atoms with E-state index in [0.717, 1.165) is 31.0 Å². The van der Waals surface area contributed by atoms with E-state index in [1.165, 1.54) is 0 Å². The molecule has 3 heterocycles. The minimum Gasteiger partial charge on any atom is -0.347 e. The van der Waals surface area contributed by atoms with Crippen LogP contribution in [0, 0.1) is 0 Å². The number of carbonyl (C=O) groups excluding carboxylic acids is 1. The largest absolute Gasteiger partial charge is 0.347 e. The molecule has 1 atom stereocenters. The summed E-state index contributed by atoms with van der Waals surface area (Å²) in [6, 6.07) is 0.145. The van der Waals surface area contributed by atoms with Gasteiger partial charge in [0.1, 0.15) is 5.82 Å². The number of aryl methyl sites for hydroxylation is 1. The number of nitrogens with one attached hydrogen (secondary N) is 1. The van der Waals surface area contributed by atoms with Crippen molar-refractivity contribution in [2.75, 3.05) is 26.2 Å². The van der Waals surface area contributed by atoms with Gasteiger partial charge in [0.25, 0.3) is 0 Å². The molecule has 1 aliphatic heterocycles. The first-order chi connectivity index (χ1) is 10.7. The lowest BCUT2D eigenvalue weighted by molar-refractivity contribution is -0.133. The van der Waals surface area contributed by atoms with Gasteiger partial charge in [0.15, 0.2) is 0 Å². The quantitative estimate of drug-likeness (QED) is 0.897. The van der Waals surface area contributed by atoms with Crippen LogP contribution < -0.4 is 0 Å². The predicted octanol–water partition coefficient (Wildman–Crippen LogP) is 0.591. The first-order valence-electron chi connectivity index (χ1n) is 7.66. The third-order valence-corrected chi connectivity index (χ3v) is 4.20. The van der Waals surface area contributed by atoms with E-state index in [1.807, 2.05) is 24.3 Å². The highest BCUT2D eigenvalue weighted by Crippen LogP contribution is 2.22. The number of amides is 1. The molecule has 0 bridgehead atoms. The lowest BCUT2D eigenvalue weighted by Gasteiger charge is -2.40. The maximum atomic E-state index is 12.5. The van der Waals surface area contributed by atoms with Crippen LogP contribution in [0.25, 0.3) is 0 Å². The zero-order valence-electron chi connectivity index (χ0n) is 13.1. The third kappa shape index (κ3) is 3.04. The lowest BCUT2D eigenvalue weighted by Crippen LogP contribution is -2.51. The fourth-order valence-corrected chi connectivity index (χ4v) is 2.99. The van der Waals surface area contributed by atoms with E-state index < -0.39 is 0 Å². The smallest absolute Gasteiger partial charge is 0.227 e. The number of H-pyrrole nitrogens is 1. The number of likely N-dealkylation sites (N-methyl/N-ethyl adjacent to an activating group) is 1. The highest BCUT2D eigenvalue weighted by atomic mass is 16.2. The SMILES string of the molecule is CCN1CCN(C(=O)Cc2cnn(C)c2)CC1c1ncc[nH]1. The number of aromatic nitrogens is 4. The number of hydrogen-bond donors (Lipinski definition) is 1. The Balaban J connectivity index is 1.68. The number of rotatable bonds is 4. The molecule has 0 spiro atoms. The maximum Gasteiger partial charge on any atom is 0.227 e. The van der Waals surface area contributed by atoms with Crippen LogP contribution in [0.4, 0.5) is 0 Å². The Morgan fingerprint density at radius 1 is 1.45 bits per heavy atom. The van der Waals surface area contributed by atoms with Crippen molar-refractivity contribution in [1.82, 2.24) is 29.5 Å².